The molecule has 6 heteroatoms. The van der Waals surface area contributed by atoms with Crippen LogP contribution in [0.4, 0.5) is 0 Å². The summed E-state index contributed by atoms with van der Waals surface area (Å²) >= 11 is 1.76. The van der Waals surface area contributed by atoms with Gasteiger partial charge >= 0.3 is 0 Å². The van der Waals surface area contributed by atoms with Crippen molar-refractivity contribution in [3.63, 3.8) is 0 Å². The first kappa shape index (κ1) is 28.9. The van der Waals surface area contributed by atoms with Crippen LogP contribution < -0.4 is 5.32 Å². The lowest BCUT2D eigenvalue weighted by Gasteiger charge is -2.44. The number of carbonyl (C=O) groups excluding carboxylic acids is 2. The number of aryl methyl sites for hydroxylation is 1. The first-order valence-corrected chi connectivity index (χ1v) is 16.2. The van der Waals surface area contributed by atoms with Crippen molar-refractivity contribution in [2.45, 2.75) is 95.0 Å². The molecule has 2 atom stereocenters. The number of thioether (sulfide) groups is 1. The van der Waals surface area contributed by atoms with Crippen molar-refractivity contribution >= 4 is 29.7 Å². The highest BCUT2D eigenvalue weighted by atomic mass is 32.2. The van der Waals surface area contributed by atoms with E-state index in [1.54, 1.807) is 11.8 Å². The number of nitrogens with one attached hydrogen (secondary N) is 1. The highest BCUT2D eigenvalue weighted by molar-refractivity contribution is 8.04. The summed E-state index contributed by atoms with van der Waals surface area (Å²) < 4.78 is 0. The fraction of sp³-hybridized carbons (Fsp3) is 0.529. The second kappa shape index (κ2) is 13.9. The third-order valence-electron chi connectivity index (χ3n) is 9.06. The van der Waals surface area contributed by atoms with Gasteiger partial charge < -0.3 is 15.1 Å². The molecular formula is C34H45N3O2S. The van der Waals surface area contributed by atoms with E-state index in [1.807, 2.05) is 30.3 Å². The Morgan fingerprint density at radius 1 is 1.00 bits per heavy atom. The molecule has 2 aliphatic carbocycles. The molecule has 5 nitrogen and oxygen atoms in total. The standard InChI is InChI=1S/C34H45N3O2S/c1-25-11-6-7-12-28(25)24-37-30-15-8-9-16-31(30)40-32(34(37)39)23-26-17-19-27(20-18-26)33(38)35-21-10-22-36(2)29-13-4-3-5-14-29/h6-7,11-12,17-20,23,29-31H,3-5,8-10,13-16,21-22,24H2,1-2H3,(H,35,38)/b32-23+. The third-order valence-corrected chi connectivity index (χ3v) is 10.5. The van der Waals surface area contributed by atoms with E-state index in [9.17, 15) is 9.59 Å². The van der Waals surface area contributed by atoms with E-state index in [4.69, 9.17) is 0 Å². The first-order chi connectivity index (χ1) is 19.5. The largest absolute Gasteiger partial charge is 0.352 e. The summed E-state index contributed by atoms with van der Waals surface area (Å²) in [6, 6.07) is 17.1. The maximum Gasteiger partial charge on any atom is 0.260 e. The topological polar surface area (TPSA) is 52.7 Å². The molecule has 2 amide bonds. The van der Waals surface area contributed by atoms with Gasteiger partial charge in [-0.05, 0) is 87.5 Å². The molecule has 5 rings (SSSR count). The third kappa shape index (κ3) is 7.19. The Morgan fingerprint density at radius 2 is 1.73 bits per heavy atom. The molecule has 2 saturated carbocycles. The van der Waals surface area contributed by atoms with Crippen molar-refractivity contribution in [3.05, 3.63) is 75.7 Å². The highest BCUT2D eigenvalue weighted by Gasteiger charge is 2.40. The number of benzene rings is 2. The van der Waals surface area contributed by atoms with Gasteiger partial charge in [0.25, 0.3) is 11.8 Å². The molecule has 1 saturated heterocycles. The van der Waals surface area contributed by atoms with E-state index < -0.39 is 0 Å². The summed E-state index contributed by atoms with van der Waals surface area (Å²) in [6.07, 6.45) is 14.3. The number of amides is 2. The maximum atomic E-state index is 13.7. The van der Waals surface area contributed by atoms with E-state index in [0.29, 0.717) is 36.0 Å². The zero-order valence-corrected chi connectivity index (χ0v) is 25.1. The van der Waals surface area contributed by atoms with Crippen LogP contribution >= 0.6 is 11.8 Å². The highest BCUT2D eigenvalue weighted by Crippen LogP contribution is 2.43. The predicted octanol–water partition coefficient (Wildman–Crippen LogP) is 6.81. The van der Waals surface area contributed by atoms with Crippen molar-refractivity contribution in [2.75, 3.05) is 20.1 Å². The molecule has 3 aliphatic rings. The van der Waals surface area contributed by atoms with Gasteiger partial charge in [-0.15, -0.1) is 11.8 Å². The fourth-order valence-electron chi connectivity index (χ4n) is 6.55. The van der Waals surface area contributed by atoms with E-state index in [1.165, 1.54) is 56.1 Å². The molecule has 0 spiro atoms. The summed E-state index contributed by atoms with van der Waals surface area (Å²) in [5.41, 5.74) is 4.09. The minimum absolute atomic E-state index is 0.0305. The summed E-state index contributed by atoms with van der Waals surface area (Å²) in [6.45, 7) is 4.50. The minimum Gasteiger partial charge on any atom is -0.352 e. The van der Waals surface area contributed by atoms with Gasteiger partial charge in [0, 0.05) is 36.0 Å². The molecule has 1 heterocycles. The Hall–Kier alpha value is -2.57. The lowest BCUT2D eigenvalue weighted by molar-refractivity contribution is -0.130. The van der Waals surface area contributed by atoms with Crippen molar-refractivity contribution < 1.29 is 9.59 Å². The van der Waals surface area contributed by atoms with Gasteiger partial charge in [-0.25, -0.2) is 0 Å². The lowest BCUT2D eigenvalue weighted by Crippen LogP contribution is -2.50. The van der Waals surface area contributed by atoms with Crippen LogP contribution in [0, 0.1) is 6.92 Å². The molecular weight excluding hydrogens is 514 g/mol. The normalized spacial score (nSPS) is 22.9. The van der Waals surface area contributed by atoms with Gasteiger partial charge in [-0.2, -0.15) is 0 Å². The first-order valence-electron chi connectivity index (χ1n) is 15.3. The van der Waals surface area contributed by atoms with Crippen LogP contribution in [0.15, 0.2) is 53.4 Å². The summed E-state index contributed by atoms with van der Waals surface area (Å²) in [4.78, 5) is 31.9. The van der Waals surface area contributed by atoms with Crippen LogP contribution in [-0.4, -0.2) is 59.1 Å². The molecule has 2 unspecified atom stereocenters. The zero-order chi connectivity index (χ0) is 27.9. The minimum atomic E-state index is -0.0305. The second-order valence-corrected chi connectivity index (χ2v) is 13.2. The smallest absolute Gasteiger partial charge is 0.260 e. The molecule has 40 heavy (non-hydrogen) atoms. The van der Waals surface area contributed by atoms with Crippen LogP contribution in [0.1, 0.15) is 91.3 Å². The van der Waals surface area contributed by atoms with Crippen LogP contribution in [0.25, 0.3) is 6.08 Å². The number of carbonyl (C=O) groups is 2. The average molecular weight is 560 g/mol. The van der Waals surface area contributed by atoms with Crippen molar-refractivity contribution in [1.82, 2.24) is 15.1 Å². The molecule has 0 radical (unpaired) electrons. The van der Waals surface area contributed by atoms with Crippen LogP contribution in [0.5, 0.6) is 0 Å². The van der Waals surface area contributed by atoms with E-state index in [2.05, 4.69) is 53.4 Å². The number of nitrogens with zero attached hydrogens (tertiary/aromatic N) is 2. The predicted molar refractivity (Wildman–Crippen MR) is 166 cm³/mol. The Balaban J connectivity index is 1.19. The van der Waals surface area contributed by atoms with E-state index >= 15 is 0 Å². The molecule has 0 bridgehead atoms. The summed E-state index contributed by atoms with van der Waals surface area (Å²) in [7, 11) is 2.22. The monoisotopic (exact) mass is 559 g/mol. The number of hydrogen-bond acceptors (Lipinski definition) is 4. The van der Waals surface area contributed by atoms with Crippen LogP contribution in [0.3, 0.4) is 0 Å². The van der Waals surface area contributed by atoms with Crippen LogP contribution in [0.2, 0.25) is 0 Å². The lowest BCUT2D eigenvalue weighted by atomic mass is 9.92. The number of fused-ring (bicyclic) bond motifs is 1. The molecule has 2 aromatic carbocycles. The van der Waals surface area contributed by atoms with Crippen LogP contribution in [-0.2, 0) is 11.3 Å². The van der Waals surface area contributed by atoms with E-state index in [-0.39, 0.29) is 11.8 Å². The van der Waals surface area contributed by atoms with Gasteiger partial charge in [0.15, 0.2) is 0 Å². The van der Waals surface area contributed by atoms with Crippen molar-refractivity contribution in [3.8, 4) is 0 Å². The Labute approximate surface area is 244 Å². The van der Waals surface area contributed by atoms with Gasteiger partial charge in [-0.3, -0.25) is 9.59 Å². The Bertz CT molecular complexity index is 1190. The summed E-state index contributed by atoms with van der Waals surface area (Å²) in [5.74, 6) is 0.105. The van der Waals surface area contributed by atoms with E-state index in [0.717, 1.165) is 36.3 Å². The molecule has 1 aliphatic heterocycles. The molecule has 3 fully saturated rings. The zero-order valence-electron chi connectivity index (χ0n) is 24.2. The Morgan fingerprint density at radius 3 is 2.50 bits per heavy atom. The average Bonchev–Trinajstić information content (AvgIpc) is 2.99. The molecule has 2 aromatic rings. The molecule has 1 N–H and O–H groups in total. The summed E-state index contributed by atoms with van der Waals surface area (Å²) in [5, 5.41) is 3.53. The van der Waals surface area contributed by atoms with Gasteiger partial charge in [-0.1, -0.05) is 68.5 Å². The fourth-order valence-corrected chi connectivity index (χ4v) is 8.02. The molecule has 214 valence electrons. The number of rotatable bonds is 9. The van der Waals surface area contributed by atoms with Gasteiger partial charge in [0.1, 0.15) is 0 Å². The number of hydrogen-bond donors (Lipinski definition) is 1. The van der Waals surface area contributed by atoms with Crippen molar-refractivity contribution in [2.24, 2.45) is 0 Å². The Kier molecular flexibility index (Phi) is 10.0. The quantitative estimate of drug-likeness (QED) is 0.271. The second-order valence-electron chi connectivity index (χ2n) is 11.9. The van der Waals surface area contributed by atoms with Gasteiger partial charge in [0.2, 0.25) is 0 Å². The maximum absolute atomic E-state index is 13.7. The molecule has 0 aromatic heterocycles. The van der Waals surface area contributed by atoms with Gasteiger partial charge in [0.05, 0.1) is 4.91 Å². The van der Waals surface area contributed by atoms with Crippen molar-refractivity contribution in [1.29, 1.82) is 0 Å². The SMILES string of the molecule is Cc1ccccc1CN1C(=O)/C(=C\c2ccc(C(=O)NCCCN(C)C3CCCCC3)cc2)SC2CCCCC21.